The summed E-state index contributed by atoms with van der Waals surface area (Å²) in [6.45, 7) is 3.79. The van der Waals surface area contributed by atoms with E-state index in [0.717, 1.165) is 23.7 Å². The molecular formula is C19H28N2O2S. The number of carbonyl (C=O) groups excluding carboxylic acids is 1. The molecule has 2 saturated carbocycles. The fraction of sp³-hybridized carbons (Fsp3) is 0.789. The number of aromatic nitrogens is 1. The molecule has 4 nitrogen and oxygen atoms in total. The first-order chi connectivity index (χ1) is 11.7. The Kier molecular flexibility index (Phi) is 4.88. The number of hydrogen-bond donors (Lipinski definition) is 0. The molecule has 0 bridgehead atoms. The van der Waals surface area contributed by atoms with E-state index >= 15 is 0 Å². The van der Waals surface area contributed by atoms with Crippen molar-refractivity contribution in [3.05, 3.63) is 11.5 Å². The standard InChI is InChI=1S/C19H28N2O2S/c1-13-18(24-16-9-3-2-4-10-16)17(23-20-13)19(22)21-11-14-7-5-6-8-15(14)12-21/h14-16H,2-12H2,1H3/t14-,15+. The van der Waals surface area contributed by atoms with E-state index in [1.807, 2.05) is 23.6 Å². The fourth-order valence-electron chi connectivity index (χ4n) is 4.70. The summed E-state index contributed by atoms with van der Waals surface area (Å²) in [6, 6.07) is 0. The smallest absolute Gasteiger partial charge is 0.293 e. The zero-order valence-electron chi connectivity index (χ0n) is 14.6. The maximum absolute atomic E-state index is 13.0. The van der Waals surface area contributed by atoms with Gasteiger partial charge in [0.15, 0.2) is 0 Å². The molecule has 1 amide bonds. The maximum atomic E-state index is 13.0. The molecule has 132 valence electrons. The van der Waals surface area contributed by atoms with Crippen molar-refractivity contribution in [2.45, 2.75) is 74.9 Å². The van der Waals surface area contributed by atoms with E-state index in [4.69, 9.17) is 4.52 Å². The number of nitrogens with zero attached hydrogens (tertiary/aromatic N) is 2. The first-order valence-electron chi connectivity index (χ1n) is 9.64. The Balaban J connectivity index is 1.48. The Bertz CT molecular complexity index is 580. The number of amides is 1. The third kappa shape index (κ3) is 3.24. The Morgan fingerprint density at radius 2 is 1.67 bits per heavy atom. The van der Waals surface area contributed by atoms with Crippen molar-refractivity contribution >= 4 is 17.7 Å². The molecule has 0 N–H and O–H groups in total. The lowest BCUT2D eigenvalue weighted by Crippen LogP contribution is -2.29. The summed E-state index contributed by atoms with van der Waals surface area (Å²) < 4.78 is 5.50. The van der Waals surface area contributed by atoms with Crippen LogP contribution in [0.4, 0.5) is 0 Å². The Morgan fingerprint density at radius 1 is 1.04 bits per heavy atom. The third-order valence-electron chi connectivity index (χ3n) is 6.10. The highest BCUT2D eigenvalue weighted by Crippen LogP contribution is 2.40. The molecule has 0 aromatic carbocycles. The van der Waals surface area contributed by atoms with Crippen molar-refractivity contribution in [2.24, 2.45) is 11.8 Å². The Labute approximate surface area is 148 Å². The number of fused-ring (bicyclic) bond motifs is 1. The summed E-state index contributed by atoms with van der Waals surface area (Å²) in [5.74, 6) is 1.99. The number of aryl methyl sites for hydroxylation is 1. The van der Waals surface area contributed by atoms with Crippen molar-refractivity contribution in [1.82, 2.24) is 10.1 Å². The lowest BCUT2D eigenvalue weighted by atomic mass is 9.82. The second-order valence-electron chi connectivity index (χ2n) is 7.82. The van der Waals surface area contributed by atoms with Gasteiger partial charge in [0, 0.05) is 18.3 Å². The van der Waals surface area contributed by atoms with Crippen LogP contribution in [0.1, 0.15) is 74.0 Å². The molecule has 2 aliphatic carbocycles. The zero-order valence-corrected chi connectivity index (χ0v) is 15.4. The normalized spacial score (nSPS) is 28.1. The largest absolute Gasteiger partial charge is 0.350 e. The van der Waals surface area contributed by atoms with Crippen molar-refractivity contribution in [1.29, 1.82) is 0 Å². The zero-order chi connectivity index (χ0) is 16.5. The van der Waals surface area contributed by atoms with Gasteiger partial charge >= 0.3 is 0 Å². The second kappa shape index (κ2) is 7.11. The van der Waals surface area contributed by atoms with E-state index in [9.17, 15) is 4.79 Å². The van der Waals surface area contributed by atoms with Crippen molar-refractivity contribution < 1.29 is 9.32 Å². The number of carbonyl (C=O) groups is 1. The van der Waals surface area contributed by atoms with Gasteiger partial charge in [-0.05, 0) is 44.4 Å². The SMILES string of the molecule is Cc1noc(C(=O)N2C[C@H]3CCCC[C@H]3C2)c1SC1CCCCC1. The third-order valence-corrected chi connectivity index (χ3v) is 7.62. The maximum Gasteiger partial charge on any atom is 0.293 e. The van der Waals surface area contributed by atoms with Crippen LogP contribution in [-0.4, -0.2) is 34.3 Å². The topological polar surface area (TPSA) is 46.3 Å². The highest BCUT2D eigenvalue weighted by molar-refractivity contribution is 8.00. The van der Waals surface area contributed by atoms with Crippen LogP contribution in [0.2, 0.25) is 0 Å². The predicted octanol–water partition coefficient (Wildman–Crippen LogP) is 4.67. The summed E-state index contributed by atoms with van der Waals surface area (Å²) in [5.41, 5.74) is 0.880. The molecule has 1 aliphatic heterocycles. The van der Waals surface area contributed by atoms with Crippen LogP contribution < -0.4 is 0 Å². The van der Waals surface area contributed by atoms with Gasteiger partial charge in [-0.3, -0.25) is 4.79 Å². The molecule has 1 saturated heterocycles. The minimum Gasteiger partial charge on any atom is -0.350 e. The van der Waals surface area contributed by atoms with Crippen molar-refractivity contribution in [2.75, 3.05) is 13.1 Å². The molecule has 1 aromatic heterocycles. The highest BCUT2D eigenvalue weighted by Gasteiger charge is 2.38. The molecule has 1 aromatic rings. The van der Waals surface area contributed by atoms with E-state index < -0.39 is 0 Å². The van der Waals surface area contributed by atoms with Gasteiger partial charge in [-0.2, -0.15) is 0 Å². The molecule has 4 rings (SSSR count). The molecule has 3 aliphatic rings. The highest BCUT2D eigenvalue weighted by atomic mass is 32.2. The molecule has 24 heavy (non-hydrogen) atoms. The van der Waals surface area contributed by atoms with Crippen molar-refractivity contribution in [3.8, 4) is 0 Å². The monoisotopic (exact) mass is 348 g/mol. The van der Waals surface area contributed by atoms with Crippen LogP contribution in [0.5, 0.6) is 0 Å². The van der Waals surface area contributed by atoms with Crippen LogP contribution in [-0.2, 0) is 0 Å². The van der Waals surface area contributed by atoms with Gasteiger partial charge in [-0.15, -0.1) is 11.8 Å². The molecule has 5 heteroatoms. The van der Waals surface area contributed by atoms with Crippen LogP contribution >= 0.6 is 11.8 Å². The first-order valence-corrected chi connectivity index (χ1v) is 10.5. The van der Waals surface area contributed by atoms with Crippen LogP contribution in [0, 0.1) is 18.8 Å². The van der Waals surface area contributed by atoms with Crippen LogP contribution in [0.3, 0.4) is 0 Å². The van der Waals surface area contributed by atoms with Crippen LogP contribution in [0.25, 0.3) is 0 Å². The molecule has 2 heterocycles. The molecule has 0 spiro atoms. The summed E-state index contributed by atoms with van der Waals surface area (Å²) >= 11 is 1.83. The second-order valence-corrected chi connectivity index (χ2v) is 9.13. The fourth-order valence-corrected chi connectivity index (χ4v) is 6.04. The summed E-state index contributed by atoms with van der Waals surface area (Å²) in [4.78, 5) is 16.1. The molecule has 0 unspecified atom stereocenters. The first kappa shape index (κ1) is 16.5. The van der Waals surface area contributed by atoms with E-state index in [-0.39, 0.29) is 5.91 Å². The molecular weight excluding hydrogens is 320 g/mol. The average Bonchev–Trinajstić information content (AvgIpc) is 3.20. The summed E-state index contributed by atoms with van der Waals surface area (Å²) in [6.07, 6.45) is 11.7. The lowest BCUT2D eigenvalue weighted by molar-refractivity contribution is 0.0737. The summed E-state index contributed by atoms with van der Waals surface area (Å²) in [7, 11) is 0. The van der Waals surface area contributed by atoms with Crippen molar-refractivity contribution in [3.63, 3.8) is 0 Å². The van der Waals surface area contributed by atoms with Gasteiger partial charge in [0.2, 0.25) is 5.76 Å². The van der Waals surface area contributed by atoms with Gasteiger partial charge < -0.3 is 9.42 Å². The summed E-state index contributed by atoms with van der Waals surface area (Å²) in [5, 5.41) is 4.74. The van der Waals surface area contributed by atoms with E-state index in [1.54, 1.807) is 0 Å². The predicted molar refractivity (Wildman–Crippen MR) is 95.3 cm³/mol. The Morgan fingerprint density at radius 3 is 2.33 bits per heavy atom. The number of hydrogen-bond acceptors (Lipinski definition) is 4. The van der Waals surface area contributed by atoms with E-state index in [2.05, 4.69) is 5.16 Å². The minimum atomic E-state index is 0.0725. The van der Waals surface area contributed by atoms with E-state index in [1.165, 1.54) is 57.8 Å². The Hall–Kier alpha value is -0.970. The average molecular weight is 349 g/mol. The minimum absolute atomic E-state index is 0.0725. The molecule has 3 fully saturated rings. The van der Waals surface area contributed by atoms with Gasteiger partial charge in [0.1, 0.15) is 0 Å². The van der Waals surface area contributed by atoms with Gasteiger partial charge in [0.25, 0.3) is 5.91 Å². The van der Waals surface area contributed by atoms with Gasteiger partial charge in [0.05, 0.1) is 10.6 Å². The number of rotatable bonds is 3. The molecule has 2 atom stereocenters. The lowest BCUT2D eigenvalue weighted by Gasteiger charge is -2.22. The van der Waals surface area contributed by atoms with Gasteiger partial charge in [-0.1, -0.05) is 37.3 Å². The van der Waals surface area contributed by atoms with Gasteiger partial charge in [-0.25, -0.2) is 0 Å². The molecule has 0 radical (unpaired) electrons. The number of likely N-dealkylation sites (tertiary alicyclic amines) is 1. The van der Waals surface area contributed by atoms with Crippen LogP contribution in [0.15, 0.2) is 9.42 Å². The number of thioether (sulfide) groups is 1. The quantitative estimate of drug-likeness (QED) is 0.796. The van der Waals surface area contributed by atoms with E-state index in [0.29, 0.717) is 22.8 Å².